The number of thioether (sulfide) groups is 1. The third kappa shape index (κ3) is 5.79. The Hall–Kier alpha value is -2.85. The number of nitro groups is 1. The molecule has 1 fully saturated rings. The number of non-ortho nitro benzene ring substituents is 1. The van der Waals surface area contributed by atoms with Crippen molar-refractivity contribution in [1.29, 1.82) is 0 Å². The number of ether oxygens (including phenoxy) is 1. The number of carbonyl (C=O) groups excluding carboxylic acids is 1. The molecule has 4 rings (SSSR count). The maximum atomic E-state index is 12.4. The highest BCUT2D eigenvalue weighted by Crippen LogP contribution is 2.35. The minimum absolute atomic E-state index is 0.0278. The van der Waals surface area contributed by atoms with Crippen molar-refractivity contribution in [2.75, 3.05) is 0 Å². The molecule has 3 aromatic rings. The Morgan fingerprint density at radius 1 is 1.15 bits per heavy atom. The standard InChI is InChI=1S/C23H14BrCl2N3O4S/c24-16-10-14(6-9-19(16)33-12-13-4-7-15(8-5-13)29(31)32)11-20-22(30)28-23(34-20)27-18-3-1-2-17(25)21(18)26/h1-11H,12H2,(H,27,28,30)/b20-11-. The van der Waals surface area contributed by atoms with Gasteiger partial charge in [0.1, 0.15) is 12.4 Å². The van der Waals surface area contributed by atoms with Gasteiger partial charge >= 0.3 is 0 Å². The highest BCUT2D eigenvalue weighted by Gasteiger charge is 2.24. The first-order valence-electron chi connectivity index (χ1n) is 9.69. The molecule has 1 N–H and O–H groups in total. The molecule has 1 aliphatic rings. The summed E-state index contributed by atoms with van der Waals surface area (Å²) in [5.41, 5.74) is 2.08. The van der Waals surface area contributed by atoms with E-state index in [0.29, 0.717) is 36.0 Å². The summed E-state index contributed by atoms with van der Waals surface area (Å²) in [5.74, 6) is 0.332. The molecule has 0 radical (unpaired) electrons. The lowest BCUT2D eigenvalue weighted by Gasteiger charge is -2.09. The molecule has 3 aromatic carbocycles. The number of carbonyl (C=O) groups is 1. The fourth-order valence-electron chi connectivity index (χ4n) is 2.92. The van der Waals surface area contributed by atoms with E-state index in [9.17, 15) is 14.9 Å². The number of amides is 1. The quantitative estimate of drug-likeness (QED) is 0.191. The van der Waals surface area contributed by atoms with Gasteiger partial charge in [0.05, 0.1) is 30.0 Å². The zero-order chi connectivity index (χ0) is 24.2. The van der Waals surface area contributed by atoms with Crippen LogP contribution in [-0.4, -0.2) is 16.0 Å². The van der Waals surface area contributed by atoms with E-state index < -0.39 is 4.92 Å². The van der Waals surface area contributed by atoms with Crippen LogP contribution in [0.2, 0.25) is 10.0 Å². The summed E-state index contributed by atoms with van der Waals surface area (Å²) in [6.07, 6.45) is 1.74. The summed E-state index contributed by atoms with van der Waals surface area (Å²) in [6.45, 7) is 0.251. The number of benzene rings is 3. The van der Waals surface area contributed by atoms with Gasteiger partial charge in [0.15, 0.2) is 5.17 Å². The van der Waals surface area contributed by atoms with Crippen LogP contribution in [0.25, 0.3) is 6.08 Å². The number of hydrogen-bond acceptors (Lipinski definition) is 6. The Balaban J connectivity index is 1.44. The van der Waals surface area contributed by atoms with Crippen LogP contribution in [0.1, 0.15) is 11.1 Å². The number of nitro benzene ring substituents is 1. The van der Waals surface area contributed by atoms with Crippen molar-refractivity contribution in [1.82, 2.24) is 5.32 Å². The van der Waals surface area contributed by atoms with E-state index in [2.05, 4.69) is 26.2 Å². The summed E-state index contributed by atoms with van der Waals surface area (Å²) >= 11 is 16.9. The van der Waals surface area contributed by atoms with Crippen molar-refractivity contribution in [3.63, 3.8) is 0 Å². The average molecular weight is 579 g/mol. The Morgan fingerprint density at radius 3 is 2.62 bits per heavy atom. The largest absolute Gasteiger partial charge is 0.488 e. The number of nitrogens with zero attached hydrogens (tertiary/aromatic N) is 2. The average Bonchev–Trinajstić information content (AvgIpc) is 3.15. The van der Waals surface area contributed by atoms with Crippen LogP contribution in [0.15, 0.2) is 75.0 Å². The van der Waals surface area contributed by atoms with Crippen LogP contribution >= 0.6 is 50.9 Å². The molecule has 0 unspecified atom stereocenters. The number of aliphatic imine (C=N–C) groups is 1. The minimum atomic E-state index is -0.446. The molecule has 0 atom stereocenters. The fourth-order valence-corrected chi connectivity index (χ4v) is 4.60. The SMILES string of the molecule is O=C1NC(=Nc2cccc(Cl)c2Cl)S/C1=C\c1ccc(OCc2ccc([N+](=O)[O-])cc2)c(Br)c1. The first-order chi connectivity index (χ1) is 16.3. The molecule has 34 heavy (non-hydrogen) atoms. The normalized spacial score (nSPS) is 15.6. The predicted octanol–water partition coefficient (Wildman–Crippen LogP) is 7.13. The molecule has 1 aliphatic heterocycles. The summed E-state index contributed by atoms with van der Waals surface area (Å²) in [4.78, 5) is 27.6. The van der Waals surface area contributed by atoms with Crippen molar-refractivity contribution in [2.24, 2.45) is 4.99 Å². The second kappa shape index (κ2) is 10.6. The highest BCUT2D eigenvalue weighted by molar-refractivity contribution is 9.10. The van der Waals surface area contributed by atoms with Crippen molar-refractivity contribution < 1.29 is 14.5 Å². The molecule has 0 spiro atoms. The monoisotopic (exact) mass is 577 g/mol. The molecule has 1 saturated heterocycles. The lowest BCUT2D eigenvalue weighted by atomic mass is 10.2. The summed E-state index contributed by atoms with van der Waals surface area (Å²) in [5, 5.41) is 14.6. The second-order valence-corrected chi connectivity index (χ2v) is 9.63. The Morgan fingerprint density at radius 2 is 1.91 bits per heavy atom. The Bertz CT molecular complexity index is 1350. The van der Waals surface area contributed by atoms with Gasteiger partial charge in [0.25, 0.3) is 11.6 Å². The number of halogens is 3. The maximum Gasteiger partial charge on any atom is 0.269 e. The van der Waals surface area contributed by atoms with E-state index >= 15 is 0 Å². The van der Waals surface area contributed by atoms with E-state index in [0.717, 1.165) is 11.1 Å². The lowest BCUT2D eigenvalue weighted by Crippen LogP contribution is -2.19. The molecule has 1 amide bonds. The van der Waals surface area contributed by atoms with Gasteiger partial charge in [0, 0.05) is 12.1 Å². The smallest absolute Gasteiger partial charge is 0.269 e. The topological polar surface area (TPSA) is 93.8 Å². The molecule has 0 saturated carbocycles. The van der Waals surface area contributed by atoms with Gasteiger partial charge in [-0.3, -0.25) is 14.9 Å². The van der Waals surface area contributed by atoms with E-state index in [1.165, 1.54) is 23.9 Å². The van der Waals surface area contributed by atoms with E-state index in [1.54, 1.807) is 42.5 Å². The summed E-state index contributed by atoms with van der Waals surface area (Å²) < 4.78 is 6.51. The van der Waals surface area contributed by atoms with Crippen LogP contribution in [0.3, 0.4) is 0 Å². The third-order valence-corrected chi connectivity index (χ3v) is 6.94. The summed E-state index contributed by atoms with van der Waals surface area (Å²) in [7, 11) is 0. The van der Waals surface area contributed by atoms with Crippen LogP contribution in [0.5, 0.6) is 5.75 Å². The molecule has 11 heteroatoms. The first kappa shape index (κ1) is 24.3. The van der Waals surface area contributed by atoms with Crippen LogP contribution < -0.4 is 10.1 Å². The number of amidine groups is 1. The number of hydrogen-bond donors (Lipinski definition) is 1. The van der Waals surface area contributed by atoms with Gasteiger partial charge in [-0.1, -0.05) is 35.3 Å². The van der Waals surface area contributed by atoms with Gasteiger partial charge in [-0.25, -0.2) is 4.99 Å². The van der Waals surface area contributed by atoms with E-state index in [4.69, 9.17) is 27.9 Å². The number of rotatable bonds is 6. The Kier molecular flexibility index (Phi) is 7.57. The van der Waals surface area contributed by atoms with Crippen LogP contribution in [-0.2, 0) is 11.4 Å². The van der Waals surface area contributed by atoms with Gasteiger partial charge < -0.3 is 10.1 Å². The molecule has 172 valence electrons. The van der Waals surface area contributed by atoms with Crippen LogP contribution in [0.4, 0.5) is 11.4 Å². The van der Waals surface area contributed by atoms with Crippen LogP contribution in [0, 0.1) is 10.1 Å². The van der Waals surface area contributed by atoms with Gasteiger partial charge in [0.2, 0.25) is 0 Å². The van der Waals surface area contributed by atoms with Crippen molar-refractivity contribution in [2.45, 2.75) is 6.61 Å². The highest BCUT2D eigenvalue weighted by atomic mass is 79.9. The second-order valence-electron chi connectivity index (χ2n) is 6.96. The minimum Gasteiger partial charge on any atom is -0.488 e. The van der Waals surface area contributed by atoms with Gasteiger partial charge in [-0.05, 0) is 81.3 Å². The molecule has 1 heterocycles. The first-order valence-corrected chi connectivity index (χ1v) is 12.1. The zero-order valence-corrected chi connectivity index (χ0v) is 21.0. The van der Waals surface area contributed by atoms with Gasteiger partial charge in [-0.15, -0.1) is 0 Å². The van der Waals surface area contributed by atoms with Crippen molar-refractivity contribution in [3.8, 4) is 5.75 Å². The number of nitrogens with one attached hydrogen (secondary N) is 1. The predicted molar refractivity (Wildman–Crippen MR) is 139 cm³/mol. The molecule has 0 aliphatic carbocycles. The van der Waals surface area contributed by atoms with E-state index in [1.807, 2.05) is 12.1 Å². The third-order valence-electron chi connectivity index (χ3n) is 4.60. The molecule has 0 aromatic heterocycles. The van der Waals surface area contributed by atoms with Gasteiger partial charge in [-0.2, -0.15) is 0 Å². The fraction of sp³-hybridized carbons (Fsp3) is 0.0435. The summed E-state index contributed by atoms with van der Waals surface area (Å²) in [6, 6.07) is 16.7. The van der Waals surface area contributed by atoms with E-state index in [-0.39, 0.29) is 18.2 Å². The maximum absolute atomic E-state index is 12.4. The van der Waals surface area contributed by atoms with Crippen molar-refractivity contribution >= 4 is 79.4 Å². The zero-order valence-electron chi connectivity index (χ0n) is 17.1. The van der Waals surface area contributed by atoms with Crippen molar-refractivity contribution in [3.05, 3.63) is 101 Å². The Labute approximate surface area is 217 Å². The molecule has 0 bridgehead atoms. The lowest BCUT2D eigenvalue weighted by molar-refractivity contribution is -0.384. The molecular formula is C23H14BrCl2N3O4S. The molecule has 7 nitrogen and oxygen atoms in total. The molecular weight excluding hydrogens is 565 g/mol.